The predicted octanol–water partition coefficient (Wildman–Crippen LogP) is -2.47. The van der Waals surface area contributed by atoms with Crippen LogP contribution in [0.3, 0.4) is 0 Å². The zero-order valence-corrected chi connectivity index (χ0v) is 8.45. The number of amides is 1. The Balaban J connectivity index is 2.75. The molecule has 1 aliphatic rings. The van der Waals surface area contributed by atoms with Gasteiger partial charge in [-0.25, -0.2) is 0 Å². The van der Waals surface area contributed by atoms with Crippen LogP contribution < -0.4 is 5.32 Å². The van der Waals surface area contributed by atoms with Crippen LogP contribution in [0.25, 0.3) is 0 Å². The summed E-state index contributed by atoms with van der Waals surface area (Å²) in [4.78, 5) is 10.8. The van der Waals surface area contributed by atoms with Gasteiger partial charge in [0.1, 0.15) is 18.2 Å². The van der Waals surface area contributed by atoms with E-state index in [9.17, 15) is 20.1 Å². The molecule has 1 saturated heterocycles. The maximum Gasteiger partial charge on any atom is 0.217 e. The summed E-state index contributed by atoms with van der Waals surface area (Å²) in [6.45, 7) is 1.26. The van der Waals surface area contributed by atoms with Crippen molar-refractivity contribution in [2.75, 3.05) is 7.11 Å². The third-order valence-corrected chi connectivity index (χ3v) is 2.18. The topological polar surface area (TPSA) is 108 Å². The van der Waals surface area contributed by atoms with E-state index in [-0.39, 0.29) is 0 Å². The lowest BCUT2D eigenvalue weighted by molar-refractivity contribution is -0.310. The summed E-state index contributed by atoms with van der Waals surface area (Å²) < 4.78 is 9.67. The average molecular weight is 221 g/mol. The lowest BCUT2D eigenvalue weighted by Gasteiger charge is -2.40. The highest BCUT2D eigenvalue weighted by Crippen LogP contribution is 2.20. The molecule has 0 aliphatic carbocycles. The van der Waals surface area contributed by atoms with Crippen LogP contribution in [0.15, 0.2) is 0 Å². The van der Waals surface area contributed by atoms with Gasteiger partial charge in [-0.2, -0.15) is 0 Å². The Labute approximate surface area is 86.6 Å². The van der Waals surface area contributed by atoms with Crippen LogP contribution in [-0.2, 0) is 14.3 Å². The van der Waals surface area contributed by atoms with Gasteiger partial charge in [0.25, 0.3) is 0 Å². The molecular weight excluding hydrogens is 206 g/mol. The van der Waals surface area contributed by atoms with Gasteiger partial charge in [-0.05, 0) is 0 Å². The molecule has 4 N–H and O–H groups in total. The molecule has 0 radical (unpaired) electrons. The summed E-state index contributed by atoms with van der Waals surface area (Å²) in [7, 11) is 1.30. The van der Waals surface area contributed by atoms with Crippen LogP contribution in [-0.4, -0.2) is 59.2 Å². The number of aliphatic hydroxyl groups excluding tert-OH is 3. The zero-order chi connectivity index (χ0) is 11.6. The SMILES string of the molecule is CO[C@@H]1O[C@H](O)[C@H](O)[C@H](O)[C@H]1NC(C)=O. The molecule has 7 heteroatoms. The predicted molar refractivity (Wildman–Crippen MR) is 47.5 cm³/mol. The van der Waals surface area contributed by atoms with Crippen LogP contribution in [0.5, 0.6) is 0 Å². The molecule has 0 saturated carbocycles. The van der Waals surface area contributed by atoms with E-state index in [1.807, 2.05) is 0 Å². The monoisotopic (exact) mass is 221 g/mol. The average Bonchev–Trinajstić information content (AvgIpc) is 2.18. The Hall–Kier alpha value is -0.730. The number of hydrogen-bond donors (Lipinski definition) is 4. The number of methoxy groups -OCH3 is 1. The summed E-state index contributed by atoms with van der Waals surface area (Å²) in [5.74, 6) is -0.395. The molecule has 7 nitrogen and oxygen atoms in total. The number of carbonyl (C=O) groups is 1. The Morgan fingerprint density at radius 3 is 2.40 bits per heavy atom. The number of ether oxygens (including phenoxy) is 2. The van der Waals surface area contributed by atoms with Gasteiger partial charge in [0.05, 0.1) is 0 Å². The lowest BCUT2D eigenvalue weighted by atomic mass is 10.0. The van der Waals surface area contributed by atoms with E-state index in [4.69, 9.17) is 9.47 Å². The maximum atomic E-state index is 10.8. The lowest BCUT2D eigenvalue weighted by Crippen LogP contribution is -2.63. The molecule has 15 heavy (non-hydrogen) atoms. The first-order valence-corrected chi connectivity index (χ1v) is 4.47. The van der Waals surface area contributed by atoms with Gasteiger partial charge in [0, 0.05) is 14.0 Å². The van der Waals surface area contributed by atoms with Crippen LogP contribution in [0.2, 0.25) is 0 Å². The highest BCUT2D eigenvalue weighted by atomic mass is 16.7. The van der Waals surface area contributed by atoms with E-state index in [0.29, 0.717) is 0 Å². The Kier molecular flexibility index (Phi) is 4.00. The van der Waals surface area contributed by atoms with Crippen molar-refractivity contribution in [3.8, 4) is 0 Å². The number of carbonyl (C=O) groups excluding carboxylic acids is 1. The Morgan fingerprint density at radius 1 is 1.33 bits per heavy atom. The summed E-state index contributed by atoms with van der Waals surface area (Å²) >= 11 is 0. The molecule has 88 valence electrons. The second-order valence-electron chi connectivity index (χ2n) is 3.34. The number of rotatable bonds is 2. The Bertz CT molecular complexity index is 233. The Morgan fingerprint density at radius 2 is 1.93 bits per heavy atom. The molecule has 0 aromatic heterocycles. The largest absolute Gasteiger partial charge is 0.388 e. The van der Waals surface area contributed by atoms with Gasteiger partial charge in [-0.15, -0.1) is 0 Å². The van der Waals surface area contributed by atoms with Gasteiger partial charge in [0.2, 0.25) is 5.91 Å². The van der Waals surface area contributed by atoms with E-state index < -0.39 is 36.7 Å². The minimum absolute atomic E-state index is 0.395. The van der Waals surface area contributed by atoms with Crippen LogP contribution in [0.4, 0.5) is 0 Å². The van der Waals surface area contributed by atoms with Crippen molar-refractivity contribution in [1.29, 1.82) is 0 Å². The maximum absolute atomic E-state index is 10.8. The highest BCUT2D eigenvalue weighted by molar-refractivity contribution is 5.73. The van der Waals surface area contributed by atoms with Gasteiger partial charge in [0.15, 0.2) is 12.6 Å². The number of aliphatic hydroxyl groups is 3. The van der Waals surface area contributed by atoms with E-state index in [0.717, 1.165) is 0 Å². The molecular formula is C8H15NO6. The normalized spacial score (nSPS) is 41.3. The van der Waals surface area contributed by atoms with E-state index >= 15 is 0 Å². The second-order valence-corrected chi connectivity index (χ2v) is 3.34. The first kappa shape index (κ1) is 12.3. The van der Waals surface area contributed by atoms with E-state index in [1.165, 1.54) is 14.0 Å². The molecule has 1 fully saturated rings. The molecule has 1 amide bonds. The summed E-state index contributed by atoms with van der Waals surface area (Å²) in [6.07, 6.45) is -5.35. The van der Waals surface area contributed by atoms with Crippen molar-refractivity contribution in [3.63, 3.8) is 0 Å². The standard InChI is InChI=1S/C8H15NO6/c1-3(10)9-4-5(11)6(12)7(13)15-8(4)14-2/h4-8,11-13H,1-2H3,(H,9,10)/t4-,5-,6-,7+,8-/m1/s1. The third-order valence-electron chi connectivity index (χ3n) is 2.18. The minimum Gasteiger partial charge on any atom is -0.388 e. The molecule has 0 aromatic carbocycles. The first-order valence-electron chi connectivity index (χ1n) is 4.47. The van der Waals surface area contributed by atoms with E-state index in [1.54, 1.807) is 0 Å². The number of hydrogen-bond acceptors (Lipinski definition) is 6. The van der Waals surface area contributed by atoms with Crippen molar-refractivity contribution >= 4 is 5.91 Å². The minimum atomic E-state index is -1.53. The van der Waals surface area contributed by atoms with Crippen molar-refractivity contribution in [2.24, 2.45) is 0 Å². The van der Waals surface area contributed by atoms with Crippen molar-refractivity contribution in [3.05, 3.63) is 0 Å². The molecule has 0 aromatic rings. The summed E-state index contributed by atoms with van der Waals surface area (Å²) in [5, 5.41) is 30.4. The molecule has 0 unspecified atom stereocenters. The quantitative estimate of drug-likeness (QED) is 0.411. The van der Waals surface area contributed by atoms with Gasteiger partial charge in [-0.1, -0.05) is 0 Å². The fraction of sp³-hybridized carbons (Fsp3) is 0.875. The van der Waals surface area contributed by atoms with Gasteiger partial charge < -0.3 is 30.1 Å². The number of nitrogens with one attached hydrogen (secondary N) is 1. The fourth-order valence-corrected chi connectivity index (χ4v) is 1.43. The summed E-state index contributed by atoms with van der Waals surface area (Å²) in [5.41, 5.74) is 0. The molecule has 1 rings (SSSR count). The van der Waals surface area contributed by atoms with Gasteiger partial charge in [-0.3, -0.25) is 4.79 Å². The highest BCUT2D eigenvalue weighted by Gasteiger charge is 2.44. The smallest absolute Gasteiger partial charge is 0.217 e. The molecule has 0 bridgehead atoms. The van der Waals surface area contributed by atoms with Crippen LogP contribution >= 0.6 is 0 Å². The fourth-order valence-electron chi connectivity index (χ4n) is 1.43. The first-order chi connectivity index (χ1) is 6.97. The second kappa shape index (κ2) is 4.86. The summed E-state index contributed by atoms with van der Waals surface area (Å²) in [6, 6.07) is -0.911. The molecule has 1 aliphatic heterocycles. The van der Waals surface area contributed by atoms with Crippen molar-refractivity contribution in [1.82, 2.24) is 5.32 Å². The third kappa shape index (κ3) is 2.64. The van der Waals surface area contributed by atoms with Gasteiger partial charge >= 0.3 is 0 Å². The van der Waals surface area contributed by atoms with Crippen molar-refractivity contribution < 1.29 is 29.6 Å². The molecule has 0 spiro atoms. The molecule has 1 heterocycles. The molecule has 5 atom stereocenters. The zero-order valence-electron chi connectivity index (χ0n) is 8.45. The van der Waals surface area contributed by atoms with Crippen LogP contribution in [0.1, 0.15) is 6.92 Å². The van der Waals surface area contributed by atoms with E-state index in [2.05, 4.69) is 5.32 Å². The van der Waals surface area contributed by atoms with Crippen molar-refractivity contribution in [2.45, 2.75) is 37.8 Å². The van der Waals surface area contributed by atoms with Crippen LogP contribution in [0, 0.1) is 0 Å².